The predicted octanol–water partition coefficient (Wildman–Crippen LogP) is 2.38. The SMILES string of the molecule is COC(=O)c1ccc(NC(=O)[C@@H]2C[C@@H]2C)c(C)c1. The third-order valence-electron chi connectivity index (χ3n) is 3.35. The fraction of sp³-hybridized carbons (Fsp3) is 0.429. The molecule has 1 aliphatic carbocycles. The number of rotatable bonds is 3. The van der Waals surface area contributed by atoms with E-state index in [1.54, 1.807) is 18.2 Å². The molecule has 0 radical (unpaired) electrons. The highest BCUT2D eigenvalue weighted by molar-refractivity contribution is 5.96. The Hall–Kier alpha value is -1.84. The molecule has 2 atom stereocenters. The van der Waals surface area contributed by atoms with Crippen LogP contribution < -0.4 is 5.32 Å². The summed E-state index contributed by atoms with van der Waals surface area (Å²) < 4.78 is 4.65. The van der Waals surface area contributed by atoms with Crippen molar-refractivity contribution in [2.75, 3.05) is 12.4 Å². The second kappa shape index (κ2) is 4.80. The fourth-order valence-electron chi connectivity index (χ4n) is 1.96. The molecule has 0 aliphatic heterocycles. The van der Waals surface area contributed by atoms with Crippen LogP contribution in [0.4, 0.5) is 5.69 Å². The van der Waals surface area contributed by atoms with Gasteiger partial charge in [-0.25, -0.2) is 4.79 Å². The van der Waals surface area contributed by atoms with Crippen LogP contribution in [0.1, 0.15) is 29.3 Å². The van der Waals surface area contributed by atoms with Crippen LogP contribution in [-0.4, -0.2) is 19.0 Å². The van der Waals surface area contributed by atoms with E-state index >= 15 is 0 Å². The second-order valence-electron chi connectivity index (χ2n) is 4.83. The molecule has 1 aromatic rings. The van der Waals surface area contributed by atoms with Crippen molar-refractivity contribution in [3.8, 4) is 0 Å². The molecule has 0 unspecified atom stereocenters. The van der Waals surface area contributed by atoms with Gasteiger partial charge in [0.05, 0.1) is 12.7 Å². The molecular weight excluding hydrogens is 230 g/mol. The van der Waals surface area contributed by atoms with Crippen LogP contribution in [-0.2, 0) is 9.53 Å². The van der Waals surface area contributed by atoms with Crippen molar-refractivity contribution in [3.05, 3.63) is 29.3 Å². The van der Waals surface area contributed by atoms with Crippen LogP contribution in [0.15, 0.2) is 18.2 Å². The van der Waals surface area contributed by atoms with Gasteiger partial charge in [0, 0.05) is 11.6 Å². The van der Waals surface area contributed by atoms with Crippen molar-refractivity contribution in [2.24, 2.45) is 11.8 Å². The molecule has 0 heterocycles. The maximum atomic E-state index is 11.8. The number of carbonyl (C=O) groups is 2. The summed E-state index contributed by atoms with van der Waals surface area (Å²) in [6.07, 6.45) is 0.963. The summed E-state index contributed by atoms with van der Waals surface area (Å²) in [4.78, 5) is 23.2. The molecule has 1 saturated carbocycles. The Morgan fingerprint density at radius 3 is 2.56 bits per heavy atom. The van der Waals surface area contributed by atoms with Gasteiger partial charge in [0.1, 0.15) is 0 Å². The monoisotopic (exact) mass is 247 g/mol. The summed E-state index contributed by atoms with van der Waals surface area (Å²) in [5.41, 5.74) is 2.11. The van der Waals surface area contributed by atoms with E-state index in [1.165, 1.54) is 7.11 Å². The van der Waals surface area contributed by atoms with Gasteiger partial charge < -0.3 is 10.1 Å². The van der Waals surface area contributed by atoms with E-state index in [9.17, 15) is 9.59 Å². The van der Waals surface area contributed by atoms with E-state index in [-0.39, 0.29) is 17.8 Å². The number of hydrogen-bond acceptors (Lipinski definition) is 3. The first-order valence-corrected chi connectivity index (χ1v) is 6.02. The van der Waals surface area contributed by atoms with Crippen molar-refractivity contribution in [2.45, 2.75) is 20.3 Å². The lowest BCUT2D eigenvalue weighted by atomic mass is 10.1. The van der Waals surface area contributed by atoms with Crippen molar-refractivity contribution >= 4 is 17.6 Å². The number of nitrogens with one attached hydrogen (secondary N) is 1. The molecule has 0 saturated heterocycles. The van der Waals surface area contributed by atoms with E-state index in [0.717, 1.165) is 17.7 Å². The molecule has 1 N–H and O–H groups in total. The molecule has 0 aromatic heterocycles. The minimum atomic E-state index is -0.369. The summed E-state index contributed by atoms with van der Waals surface area (Å²) in [5, 5.41) is 2.90. The third-order valence-corrected chi connectivity index (χ3v) is 3.35. The number of hydrogen-bond donors (Lipinski definition) is 1. The van der Waals surface area contributed by atoms with Crippen molar-refractivity contribution in [3.63, 3.8) is 0 Å². The Morgan fingerprint density at radius 2 is 2.06 bits per heavy atom. The Balaban J connectivity index is 2.10. The number of ether oxygens (including phenoxy) is 1. The topological polar surface area (TPSA) is 55.4 Å². The zero-order chi connectivity index (χ0) is 13.3. The lowest BCUT2D eigenvalue weighted by Crippen LogP contribution is -2.15. The van der Waals surface area contributed by atoms with Crippen LogP contribution in [0, 0.1) is 18.8 Å². The zero-order valence-corrected chi connectivity index (χ0v) is 10.8. The molecule has 96 valence electrons. The maximum Gasteiger partial charge on any atom is 0.337 e. The van der Waals surface area contributed by atoms with Gasteiger partial charge in [0.25, 0.3) is 0 Å². The average molecular weight is 247 g/mol. The number of methoxy groups -OCH3 is 1. The van der Waals surface area contributed by atoms with E-state index in [2.05, 4.69) is 17.0 Å². The number of amides is 1. The normalized spacial score (nSPS) is 21.3. The highest BCUT2D eigenvalue weighted by Gasteiger charge is 2.39. The Bertz CT molecular complexity index is 496. The molecule has 4 nitrogen and oxygen atoms in total. The quantitative estimate of drug-likeness (QED) is 0.834. The number of benzene rings is 1. The highest BCUT2D eigenvalue weighted by Crippen LogP contribution is 2.38. The highest BCUT2D eigenvalue weighted by atomic mass is 16.5. The first-order valence-electron chi connectivity index (χ1n) is 6.02. The van der Waals surface area contributed by atoms with Crippen LogP contribution >= 0.6 is 0 Å². The number of aryl methyl sites for hydroxylation is 1. The van der Waals surface area contributed by atoms with Crippen molar-refractivity contribution in [1.29, 1.82) is 0 Å². The summed E-state index contributed by atoms with van der Waals surface area (Å²) >= 11 is 0. The Labute approximate surface area is 106 Å². The smallest absolute Gasteiger partial charge is 0.337 e. The first kappa shape index (κ1) is 12.6. The van der Waals surface area contributed by atoms with Gasteiger partial charge >= 0.3 is 5.97 Å². The molecule has 0 spiro atoms. The standard InChI is InChI=1S/C14H17NO3/c1-8-7-11(8)13(16)15-12-5-4-10(6-9(12)2)14(17)18-3/h4-6,8,11H,7H2,1-3H3,(H,15,16)/t8-,11+/m0/s1. The first-order chi connectivity index (χ1) is 8.52. The van der Waals surface area contributed by atoms with Crippen LogP contribution in [0.5, 0.6) is 0 Å². The minimum Gasteiger partial charge on any atom is -0.465 e. The largest absolute Gasteiger partial charge is 0.465 e. The molecular formula is C14H17NO3. The van der Waals surface area contributed by atoms with Gasteiger partial charge in [-0.1, -0.05) is 6.92 Å². The lowest BCUT2D eigenvalue weighted by Gasteiger charge is -2.09. The van der Waals surface area contributed by atoms with Gasteiger partial charge in [-0.2, -0.15) is 0 Å². The van der Waals surface area contributed by atoms with Crippen LogP contribution in [0.25, 0.3) is 0 Å². The van der Waals surface area contributed by atoms with Crippen molar-refractivity contribution < 1.29 is 14.3 Å². The predicted molar refractivity (Wildman–Crippen MR) is 68.4 cm³/mol. The Morgan fingerprint density at radius 1 is 1.39 bits per heavy atom. The minimum absolute atomic E-state index is 0.0661. The molecule has 2 rings (SSSR count). The maximum absolute atomic E-state index is 11.8. The van der Waals surface area contributed by atoms with E-state index in [4.69, 9.17) is 0 Å². The zero-order valence-electron chi connectivity index (χ0n) is 10.8. The number of esters is 1. The van der Waals surface area contributed by atoms with Gasteiger partial charge in [0.2, 0.25) is 5.91 Å². The van der Waals surface area contributed by atoms with Gasteiger partial charge in [0.15, 0.2) is 0 Å². The number of carbonyl (C=O) groups excluding carboxylic acids is 2. The van der Waals surface area contributed by atoms with Gasteiger partial charge in [-0.3, -0.25) is 4.79 Å². The third kappa shape index (κ3) is 2.53. The summed E-state index contributed by atoms with van der Waals surface area (Å²) in [7, 11) is 1.35. The summed E-state index contributed by atoms with van der Waals surface area (Å²) in [6, 6.07) is 5.12. The van der Waals surface area contributed by atoms with Gasteiger partial charge in [-0.05, 0) is 43.0 Å². The van der Waals surface area contributed by atoms with E-state index in [1.807, 2.05) is 6.92 Å². The Kier molecular flexibility index (Phi) is 3.36. The summed E-state index contributed by atoms with van der Waals surface area (Å²) in [6.45, 7) is 3.93. The summed E-state index contributed by atoms with van der Waals surface area (Å²) in [5.74, 6) is 0.326. The molecule has 1 fully saturated rings. The molecule has 4 heteroatoms. The molecule has 1 amide bonds. The lowest BCUT2D eigenvalue weighted by molar-refractivity contribution is -0.117. The fourth-order valence-corrected chi connectivity index (χ4v) is 1.96. The van der Waals surface area contributed by atoms with Crippen LogP contribution in [0.3, 0.4) is 0 Å². The van der Waals surface area contributed by atoms with Gasteiger partial charge in [-0.15, -0.1) is 0 Å². The molecule has 0 bridgehead atoms. The van der Waals surface area contributed by atoms with Crippen molar-refractivity contribution in [1.82, 2.24) is 0 Å². The second-order valence-corrected chi connectivity index (χ2v) is 4.83. The van der Waals surface area contributed by atoms with E-state index < -0.39 is 0 Å². The molecule has 18 heavy (non-hydrogen) atoms. The number of anilines is 1. The van der Waals surface area contributed by atoms with Crippen LogP contribution in [0.2, 0.25) is 0 Å². The molecule has 1 aliphatic rings. The molecule has 1 aromatic carbocycles. The average Bonchev–Trinajstić information content (AvgIpc) is 3.08. The van der Waals surface area contributed by atoms with E-state index in [0.29, 0.717) is 11.5 Å².